The van der Waals surface area contributed by atoms with Gasteiger partial charge in [-0.25, -0.2) is 4.98 Å². The number of aromatic nitrogens is 2. The van der Waals surface area contributed by atoms with Crippen molar-refractivity contribution in [3.63, 3.8) is 0 Å². The molecule has 0 bridgehead atoms. The maximum absolute atomic E-state index is 5.91. The zero-order chi connectivity index (χ0) is 11.8. The Kier molecular flexibility index (Phi) is 2.01. The first kappa shape index (κ1) is 9.72. The average molecular weight is 224 g/mol. The zero-order valence-electron chi connectivity index (χ0n) is 9.14. The molecule has 0 radical (unpaired) electrons. The highest BCUT2D eigenvalue weighted by Crippen LogP contribution is 2.31. The summed E-state index contributed by atoms with van der Waals surface area (Å²) >= 11 is 0. The summed E-state index contributed by atoms with van der Waals surface area (Å²) in [6, 6.07) is 11.7. The SMILES string of the molecule is Nc1ccc(-c2cccc3[nH]ccc23)c(N)n1. The number of aromatic amines is 1. The van der Waals surface area contributed by atoms with Crippen LogP contribution in [0.5, 0.6) is 0 Å². The van der Waals surface area contributed by atoms with E-state index < -0.39 is 0 Å². The van der Waals surface area contributed by atoms with Crippen molar-refractivity contribution in [1.29, 1.82) is 0 Å². The van der Waals surface area contributed by atoms with Crippen LogP contribution in [0.4, 0.5) is 11.6 Å². The molecule has 0 amide bonds. The lowest BCUT2D eigenvalue weighted by Gasteiger charge is -2.07. The first-order chi connectivity index (χ1) is 8.25. The third-order valence-electron chi connectivity index (χ3n) is 2.83. The highest BCUT2D eigenvalue weighted by molar-refractivity contribution is 5.97. The number of benzene rings is 1. The van der Waals surface area contributed by atoms with E-state index in [1.807, 2.05) is 36.5 Å². The van der Waals surface area contributed by atoms with Crippen molar-refractivity contribution in [2.45, 2.75) is 0 Å². The Morgan fingerprint density at radius 1 is 0.941 bits per heavy atom. The molecule has 0 spiro atoms. The lowest BCUT2D eigenvalue weighted by Crippen LogP contribution is -1.98. The standard InChI is InChI=1S/C13H12N4/c14-12-5-4-10(13(15)17-12)8-2-1-3-11-9(8)6-7-16-11/h1-7,16H,(H4,14,15,17). The molecule has 0 aliphatic heterocycles. The van der Waals surface area contributed by atoms with Crippen LogP contribution in [0.1, 0.15) is 0 Å². The maximum Gasteiger partial charge on any atom is 0.133 e. The summed E-state index contributed by atoms with van der Waals surface area (Å²) in [7, 11) is 0. The van der Waals surface area contributed by atoms with E-state index in [1.54, 1.807) is 6.07 Å². The summed E-state index contributed by atoms with van der Waals surface area (Å²) in [5, 5.41) is 1.13. The fourth-order valence-corrected chi connectivity index (χ4v) is 2.04. The molecule has 84 valence electrons. The Morgan fingerprint density at radius 3 is 2.65 bits per heavy atom. The Balaban J connectivity index is 2.30. The van der Waals surface area contributed by atoms with Gasteiger partial charge >= 0.3 is 0 Å². The molecule has 0 aliphatic carbocycles. The summed E-state index contributed by atoms with van der Waals surface area (Å²) in [5.41, 5.74) is 14.6. The molecule has 0 atom stereocenters. The highest BCUT2D eigenvalue weighted by Gasteiger charge is 2.08. The van der Waals surface area contributed by atoms with Crippen LogP contribution in [0.2, 0.25) is 0 Å². The zero-order valence-corrected chi connectivity index (χ0v) is 9.14. The van der Waals surface area contributed by atoms with Gasteiger partial charge < -0.3 is 16.5 Å². The summed E-state index contributed by atoms with van der Waals surface area (Å²) in [4.78, 5) is 7.26. The van der Waals surface area contributed by atoms with E-state index in [9.17, 15) is 0 Å². The van der Waals surface area contributed by atoms with Crippen molar-refractivity contribution in [1.82, 2.24) is 9.97 Å². The molecule has 0 saturated heterocycles. The van der Waals surface area contributed by atoms with Crippen molar-refractivity contribution >= 4 is 22.5 Å². The Labute approximate surface area is 98.3 Å². The quantitative estimate of drug-likeness (QED) is 0.593. The van der Waals surface area contributed by atoms with E-state index in [1.165, 1.54) is 0 Å². The highest BCUT2D eigenvalue weighted by atomic mass is 14.9. The third kappa shape index (κ3) is 1.50. The number of anilines is 2. The van der Waals surface area contributed by atoms with E-state index in [-0.39, 0.29) is 0 Å². The van der Waals surface area contributed by atoms with Crippen LogP contribution in [0.15, 0.2) is 42.6 Å². The van der Waals surface area contributed by atoms with E-state index >= 15 is 0 Å². The number of rotatable bonds is 1. The molecule has 0 unspecified atom stereocenters. The van der Waals surface area contributed by atoms with Crippen LogP contribution in [0.3, 0.4) is 0 Å². The monoisotopic (exact) mass is 224 g/mol. The molecule has 5 N–H and O–H groups in total. The Hall–Kier alpha value is -2.49. The normalized spacial score (nSPS) is 10.8. The predicted molar refractivity (Wildman–Crippen MR) is 70.4 cm³/mol. The second kappa shape index (κ2) is 3.52. The largest absolute Gasteiger partial charge is 0.384 e. The molecule has 0 saturated carbocycles. The van der Waals surface area contributed by atoms with E-state index in [0.717, 1.165) is 22.0 Å². The minimum atomic E-state index is 0.437. The van der Waals surface area contributed by atoms with Gasteiger partial charge in [-0.1, -0.05) is 12.1 Å². The second-order valence-corrected chi connectivity index (χ2v) is 3.91. The topological polar surface area (TPSA) is 80.7 Å². The number of nitrogen functional groups attached to an aromatic ring is 2. The number of nitrogens with zero attached hydrogens (tertiary/aromatic N) is 1. The number of fused-ring (bicyclic) bond motifs is 1. The molecule has 4 heteroatoms. The number of pyridine rings is 1. The number of hydrogen-bond donors (Lipinski definition) is 3. The predicted octanol–water partition coefficient (Wildman–Crippen LogP) is 2.39. The van der Waals surface area contributed by atoms with Gasteiger partial charge in [0.2, 0.25) is 0 Å². The van der Waals surface area contributed by atoms with E-state index in [4.69, 9.17) is 11.5 Å². The van der Waals surface area contributed by atoms with Crippen molar-refractivity contribution < 1.29 is 0 Å². The number of nitrogens with one attached hydrogen (secondary N) is 1. The summed E-state index contributed by atoms with van der Waals surface area (Å²) in [5.74, 6) is 0.895. The van der Waals surface area contributed by atoms with Crippen LogP contribution in [0, 0.1) is 0 Å². The maximum atomic E-state index is 5.91. The smallest absolute Gasteiger partial charge is 0.133 e. The molecule has 3 rings (SSSR count). The summed E-state index contributed by atoms with van der Waals surface area (Å²) in [6.07, 6.45) is 1.91. The lowest BCUT2D eigenvalue weighted by molar-refractivity contribution is 1.34. The molecule has 2 aromatic heterocycles. The summed E-state index contributed by atoms with van der Waals surface area (Å²) < 4.78 is 0. The molecule has 4 nitrogen and oxygen atoms in total. The van der Waals surface area contributed by atoms with Gasteiger partial charge in [0.15, 0.2) is 0 Å². The minimum absolute atomic E-state index is 0.437. The Morgan fingerprint density at radius 2 is 1.82 bits per heavy atom. The first-order valence-corrected chi connectivity index (χ1v) is 5.34. The van der Waals surface area contributed by atoms with Crippen LogP contribution in [-0.2, 0) is 0 Å². The van der Waals surface area contributed by atoms with Crippen molar-refractivity contribution in [2.75, 3.05) is 11.5 Å². The average Bonchev–Trinajstić information content (AvgIpc) is 2.77. The Bertz CT molecular complexity index is 685. The minimum Gasteiger partial charge on any atom is -0.384 e. The van der Waals surface area contributed by atoms with Crippen LogP contribution in [0.25, 0.3) is 22.0 Å². The van der Waals surface area contributed by atoms with E-state index in [2.05, 4.69) is 9.97 Å². The molecule has 3 aromatic rings. The van der Waals surface area contributed by atoms with Crippen LogP contribution >= 0.6 is 0 Å². The van der Waals surface area contributed by atoms with Crippen LogP contribution < -0.4 is 11.5 Å². The van der Waals surface area contributed by atoms with Gasteiger partial charge in [0, 0.05) is 22.7 Å². The number of H-pyrrole nitrogens is 1. The molecule has 0 aliphatic rings. The fourth-order valence-electron chi connectivity index (χ4n) is 2.04. The van der Waals surface area contributed by atoms with Gasteiger partial charge in [-0.05, 0) is 29.8 Å². The molecule has 17 heavy (non-hydrogen) atoms. The fraction of sp³-hybridized carbons (Fsp3) is 0. The van der Waals surface area contributed by atoms with Crippen LogP contribution in [-0.4, -0.2) is 9.97 Å². The van der Waals surface area contributed by atoms with Gasteiger partial charge in [-0.3, -0.25) is 0 Å². The molecule has 0 fully saturated rings. The van der Waals surface area contributed by atoms with Gasteiger partial charge in [0.1, 0.15) is 11.6 Å². The van der Waals surface area contributed by atoms with Crippen molar-refractivity contribution in [3.8, 4) is 11.1 Å². The second-order valence-electron chi connectivity index (χ2n) is 3.91. The van der Waals surface area contributed by atoms with Crippen molar-refractivity contribution in [3.05, 3.63) is 42.6 Å². The summed E-state index contributed by atoms with van der Waals surface area (Å²) in [6.45, 7) is 0. The van der Waals surface area contributed by atoms with Gasteiger partial charge in [-0.15, -0.1) is 0 Å². The van der Waals surface area contributed by atoms with Gasteiger partial charge in [0.25, 0.3) is 0 Å². The molecule has 1 aromatic carbocycles. The lowest BCUT2D eigenvalue weighted by atomic mass is 10.0. The van der Waals surface area contributed by atoms with Gasteiger partial charge in [0.05, 0.1) is 0 Å². The van der Waals surface area contributed by atoms with Crippen molar-refractivity contribution in [2.24, 2.45) is 0 Å². The molecular formula is C13H12N4. The number of nitrogens with two attached hydrogens (primary N) is 2. The van der Waals surface area contributed by atoms with E-state index in [0.29, 0.717) is 11.6 Å². The van der Waals surface area contributed by atoms with Gasteiger partial charge in [-0.2, -0.15) is 0 Å². The number of hydrogen-bond acceptors (Lipinski definition) is 3. The molecule has 2 heterocycles. The first-order valence-electron chi connectivity index (χ1n) is 5.34. The molecular weight excluding hydrogens is 212 g/mol. The third-order valence-corrected chi connectivity index (χ3v) is 2.83.